The van der Waals surface area contributed by atoms with Crippen LogP contribution in [-0.2, 0) is 4.74 Å². The van der Waals surface area contributed by atoms with Crippen LogP contribution >= 0.6 is 0 Å². The van der Waals surface area contributed by atoms with E-state index in [1.54, 1.807) is 7.11 Å². The molecule has 0 aliphatic rings. The molecule has 0 saturated carbocycles. The first-order chi connectivity index (χ1) is 6.15. The van der Waals surface area contributed by atoms with Crippen molar-refractivity contribution in [3.63, 3.8) is 0 Å². The fourth-order valence-corrected chi connectivity index (χ4v) is 1.28. The van der Waals surface area contributed by atoms with Gasteiger partial charge in [-0.3, -0.25) is 0 Å². The third-order valence-corrected chi connectivity index (χ3v) is 1.99. The highest BCUT2D eigenvalue weighted by atomic mass is 16.5. The van der Waals surface area contributed by atoms with Gasteiger partial charge in [-0.05, 0) is 18.6 Å². The first-order valence-electron chi connectivity index (χ1n) is 4.25. The van der Waals surface area contributed by atoms with Crippen LogP contribution in [0.2, 0.25) is 0 Å². The van der Waals surface area contributed by atoms with E-state index < -0.39 is 0 Å². The predicted octanol–water partition coefficient (Wildman–Crippen LogP) is 1.22. The van der Waals surface area contributed by atoms with Gasteiger partial charge in [-0.25, -0.2) is 0 Å². The number of benzene rings is 1. The summed E-state index contributed by atoms with van der Waals surface area (Å²) in [6, 6.07) is 5.71. The van der Waals surface area contributed by atoms with E-state index in [2.05, 4.69) is 0 Å². The number of hydrogen-bond donors (Lipinski definition) is 2. The molecule has 1 aromatic rings. The molecule has 0 unspecified atom stereocenters. The van der Waals surface area contributed by atoms with Gasteiger partial charge in [-0.1, -0.05) is 17.7 Å². The van der Waals surface area contributed by atoms with Crippen molar-refractivity contribution in [2.45, 2.75) is 13.0 Å². The maximum atomic E-state index is 5.87. The number of anilines is 1. The van der Waals surface area contributed by atoms with Crippen molar-refractivity contribution >= 4 is 5.69 Å². The molecule has 0 saturated heterocycles. The minimum absolute atomic E-state index is 0.134. The Labute approximate surface area is 78.7 Å². The van der Waals surface area contributed by atoms with Crippen molar-refractivity contribution in [1.82, 2.24) is 0 Å². The van der Waals surface area contributed by atoms with Gasteiger partial charge in [0.15, 0.2) is 0 Å². The zero-order chi connectivity index (χ0) is 9.84. The van der Waals surface area contributed by atoms with E-state index in [9.17, 15) is 0 Å². The summed E-state index contributed by atoms with van der Waals surface area (Å²) < 4.78 is 4.97. The van der Waals surface area contributed by atoms with Crippen molar-refractivity contribution in [1.29, 1.82) is 0 Å². The Hall–Kier alpha value is -1.06. The highest BCUT2D eigenvalue weighted by molar-refractivity contribution is 5.50. The minimum atomic E-state index is -0.134. The van der Waals surface area contributed by atoms with Crippen LogP contribution in [0.5, 0.6) is 0 Å². The molecular weight excluding hydrogens is 164 g/mol. The van der Waals surface area contributed by atoms with Crippen LogP contribution in [0, 0.1) is 6.92 Å². The van der Waals surface area contributed by atoms with Gasteiger partial charge in [-0.2, -0.15) is 0 Å². The Balaban J connectivity index is 2.91. The Bertz CT molecular complexity index is 286. The van der Waals surface area contributed by atoms with Gasteiger partial charge in [0.2, 0.25) is 0 Å². The number of nitrogen functional groups attached to an aromatic ring is 1. The van der Waals surface area contributed by atoms with Crippen LogP contribution in [0.1, 0.15) is 17.2 Å². The lowest BCUT2D eigenvalue weighted by Crippen LogP contribution is -2.17. The number of nitrogens with two attached hydrogens (primary N) is 2. The Morgan fingerprint density at radius 3 is 2.77 bits per heavy atom. The molecule has 0 bridgehead atoms. The maximum absolute atomic E-state index is 5.87. The maximum Gasteiger partial charge on any atom is 0.0656 e. The van der Waals surface area contributed by atoms with Crippen LogP contribution in [0.15, 0.2) is 18.2 Å². The van der Waals surface area contributed by atoms with Gasteiger partial charge in [-0.15, -0.1) is 0 Å². The van der Waals surface area contributed by atoms with E-state index in [0.717, 1.165) is 16.8 Å². The molecule has 0 aliphatic carbocycles. The summed E-state index contributed by atoms with van der Waals surface area (Å²) in [6.07, 6.45) is 0. The Kier molecular flexibility index (Phi) is 3.28. The fraction of sp³-hybridized carbons (Fsp3) is 0.400. The average Bonchev–Trinajstić information content (AvgIpc) is 2.09. The Morgan fingerprint density at radius 1 is 1.46 bits per heavy atom. The second kappa shape index (κ2) is 4.25. The molecule has 0 heterocycles. The van der Waals surface area contributed by atoms with E-state index in [1.165, 1.54) is 0 Å². The zero-order valence-electron chi connectivity index (χ0n) is 8.08. The molecule has 0 aromatic heterocycles. The van der Waals surface area contributed by atoms with Crippen LogP contribution in [0.4, 0.5) is 5.69 Å². The fourth-order valence-electron chi connectivity index (χ4n) is 1.28. The molecule has 13 heavy (non-hydrogen) atoms. The van der Waals surface area contributed by atoms with E-state index >= 15 is 0 Å². The standard InChI is InChI=1S/C10H16N2O/c1-7-3-4-9(11)8(5-7)10(12)6-13-2/h3-5,10H,6,11-12H2,1-2H3/t10-/m1/s1. The van der Waals surface area contributed by atoms with Crippen molar-refractivity contribution in [2.75, 3.05) is 19.5 Å². The molecule has 0 spiro atoms. The minimum Gasteiger partial charge on any atom is -0.398 e. The molecule has 0 radical (unpaired) electrons. The summed E-state index contributed by atoms with van der Waals surface area (Å²) in [5.74, 6) is 0. The van der Waals surface area contributed by atoms with E-state index in [1.807, 2.05) is 25.1 Å². The largest absolute Gasteiger partial charge is 0.398 e. The zero-order valence-corrected chi connectivity index (χ0v) is 8.08. The second-order valence-corrected chi connectivity index (χ2v) is 3.19. The SMILES string of the molecule is COC[C@@H](N)c1cc(C)ccc1N. The molecule has 0 amide bonds. The van der Waals surface area contributed by atoms with Gasteiger partial charge in [0.05, 0.1) is 12.6 Å². The van der Waals surface area contributed by atoms with Gasteiger partial charge in [0, 0.05) is 12.8 Å². The number of aryl methyl sites for hydroxylation is 1. The molecule has 1 atom stereocenters. The summed E-state index contributed by atoms with van der Waals surface area (Å²) in [6.45, 7) is 2.51. The first kappa shape index (κ1) is 10.0. The number of methoxy groups -OCH3 is 1. The summed E-state index contributed by atoms with van der Waals surface area (Å²) in [7, 11) is 1.63. The molecule has 4 N–H and O–H groups in total. The lowest BCUT2D eigenvalue weighted by molar-refractivity contribution is 0.181. The highest BCUT2D eigenvalue weighted by Gasteiger charge is 2.08. The quantitative estimate of drug-likeness (QED) is 0.687. The van der Waals surface area contributed by atoms with Crippen LogP contribution in [-0.4, -0.2) is 13.7 Å². The molecule has 72 valence electrons. The molecule has 3 nitrogen and oxygen atoms in total. The van der Waals surface area contributed by atoms with Gasteiger partial charge in [0.1, 0.15) is 0 Å². The monoisotopic (exact) mass is 180 g/mol. The number of ether oxygens (including phenoxy) is 1. The number of hydrogen-bond acceptors (Lipinski definition) is 3. The van der Waals surface area contributed by atoms with Crippen LogP contribution in [0.3, 0.4) is 0 Å². The van der Waals surface area contributed by atoms with Crippen molar-refractivity contribution < 1.29 is 4.74 Å². The van der Waals surface area contributed by atoms with Crippen molar-refractivity contribution in [3.05, 3.63) is 29.3 Å². The highest BCUT2D eigenvalue weighted by Crippen LogP contribution is 2.19. The summed E-state index contributed by atoms with van der Waals surface area (Å²) >= 11 is 0. The first-order valence-corrected chi connectivity index (χ1v) is 4.25. The van der Waals surface area contributed by atoms with Crippen molar-refractivity contribution in [2.24, 2.45) is 5.73 Å². The van der Waals surface area contributed by atoms with Gasteiger partial charge >= 0.3 is 0 Å². The van der Waals surface area contributed by atoms with E-state index in [0.29, 0.717) is 6.61 Å². The van der Waals surface area contributed by atoms with Gasteiger partial charge < -0.3 is 16.2 Å². The average molecular weight is 180 g/mol. The third-order valence-electron chi connectivity index (χ3n) is 1.99. The van der Waals surface area contributed by atoms with Crippen molar-refractivity contribution in [3.8, 4) is 0 Å². The summed E-state index contributed by atoms with van der Waals surface area (Å²) in [4.78, 5) is 0. The molecule has 1 rings (SSSR count). The lowest BCUT2D eigenvalue weighted by atomic mass is 10.0. The van der Waals surface area contributed by atoms with E-state index in [4.69, 9.17) is 16.2 Å². The molecule has 0 fully saturated rings. The summed E-state index contributed by atoms with van der Waals surface area (Å²) in [5, 5.41) is 0. The van der Waals surface area contributed by atoms with Crippen LogP contribution in [0.25, 0.3) is 0 Å². The molecule has 0 aliphatic heterocycles. The topological polar surface area (TPSA) is 61.3 Å². The van der Waals surface area contributed by atoms with E-state index in [-0.39, 0.29) is 6.04 Å². The van der Waals surface area contributed by atoms with Crippen LogP contribution < -0.4 is 11.5 Å². The molecule has 3 heteroatoms. The lowest BCUT2D eigenvalue weighted by Gasteiger charge is -2.13. The molecule has 1 aromatic carbocycles. The Morgan fingerprint density at radius 2 is 2.15 bits per heavy atom. The number of rotatable bonds is 3. The normalized spacial score (nSPS) is 12.8. The smallest absolute Gasteiger partial charge is 0.0656 e. The third kappa shape index (κ3) is 2.44. The predicted molar refractivity (Wildman–Crippen MR) is 54.4 cm³/mol. The molecular formula is C10H16N2O. The second-order valence-electron chi connectivity index (χ2n) is 3.19. The summed E-state index contributed by atoms with van der Waals surface area (Å²) in [5.41, 5.74) is 14.5. The van der Waals surface area contributed by atoms with Gasteiger partial charge in [0.25, 0.3) is 0 Å².